The smallest absolute Gasteiger partial charge is 0.410 e. The Morgan fingerprint density at radius 3 is 2.28 bits per heavy atom. The second-order valence-electron chi connectivity index (χ2n) is 9.81. The van der Waals surface area contributed by atoms with Crippen LogP contribution in [0.25, 0.3) is 10.8 Å². The Morgan fingerprint density at radius 2 is 1.67 bits per heavy atom. The van der Waals surface area contributed by atoms with Gasteiger partial charge in [0.25, 0.3) is 0 Å². The Bertz CT molecular complexity index is 1260. The minimum absolute atomic E-state index is 0.0958. The molecule has 3 rings (SSSR count). The van der Waals surface area contributed by atoms with Crippen LogP contribution in [0.1, 0.15) is 40.0 Å². The van der Waals surface area contributed by atoms with Crippen LogP contribution in [0.3, 0.4) is 0 Å². The van der Waals surface area contributed by atoms with Gasteiger partial charge in [-0.15, -0.1) is 0 Å². The molecule has 1 heterocycles. The Labute approximate surface area is 216 Å². The highest BCUT2D eigenvalue weighted by Crippen LogP contribution is 2.27. The molecule has 0 bridgehead atoms. The first kappa shape index (κ1) is 27.7. The lowest BCUT2D eigenvalue weighted by atomic mass is 9.87. The summed E-state index contributed by atoms with van der Waals surface area (Å²) in [4.78, 5) is 39.3. The molecule has 1 saturated heterocycles. The number of benzene rings is 2. The third-order valence-corrected chi connectivity index (χ3v) is 7.90. The fourth-order valence-electron chi connectivity index (χ4n) is 4.04. The third-order valence-electron chi connectivity index (χ3n) is 5.95. The third kappa shape index (κ3) is 6.67. The van der Waals surface area contributed by atoms with Crippen molar-refractivity contribution in [3.05, 3.63) is 41.4 Å². The molecule has 0 aliphatic carbocycles. The summed E-state index contributed by atoms with van der Waals surface area (Å²) in [6.07, 6.45) is -0.610. The number of sulfone groups is 1. The standard InChI is InChI=1S/C25H31ClN2O7S/c1-24(2,3)35-23(31)28-12-10-25(11-13-28,22(30)34-4)27-21(29)9-14-36(32,33)20-8-6-17-15-19(26)7-5-18(17)16-20/h5-8,15-16H,9-14H2,1-4H3,(H,27,29). The predicted molar refractivity (Wildman–Crippen MR) is 136 cm³/mol. The lowest BCUT2D eigenvalue weighted by Gasteiger charge is -2.40. The van der Waals surface area contributed by atoms with Crippen molar-refractivity contribution in [1.29, 1.82) is 0 Å². The average Bonchev–Trinajstić information content (AvgIpc) is 2.81. The van der Waals surface area contributed by atoms with Gasteiger partial charge in [-0.3, -0.25) is 4.79 Å². The lowest BCUT2D eigenvalue weighted by Crippen LogP contribution is -2.61. The van der Waals surface area contributed by atoms with E-state index in [0.29, 0.717) is 10.4 Å². The summed E-state index contributed by atoms with van der Waals surface area (Å²) in [5, 5.41) is 4.74. The van der Waals surface area contributed by atoms with Crippen LogP contribution in [-0.4, -0.2) is 68.4 Å². The molecule has 2 amide bonds. The van der Waals surface area contributed by atoms with Crippen molar-refractivity contribution >= 4 is 50.2 Å². The average molecular weight is 539 g/mol. The van der Waals surface area contributed by atoms with E-state index < -0.39 is 44.7 Å². The van der Waals surface area contributed by atoms with Crippen LogP contribution in [-0.2, 0) is 28.9 Å². The second kappa shape index (κ2) is 10.6. The summed E-state index contributed by atoms with van der Waals surface area (Å²) in [7, 11) is -2.54. The van der Waals surface area contributed by atoms with Crippen molar-refractivity contribution in [3.8, 4) is 0 Å². The summed E-state index contributed by atoms with van der Waals surface area (Å²) in [5.74, 6) is -1.67. The minimum Gasteiger partial charge on any atom is -0.467 e. The number of methoxy groups -OCH3 is 1. The molecule has 0 unspecified atom stereocenters. The largest absolute Gasteiger partial charge is 0.467 e. The summed E-state index contributed by atoms with van der Waals surface area (Å²) in [5.41, 5.74) is -2.01. The fourth-order valence-corrected chi connectivity index (χ4v) is 5.49. The number of rotatable bonds is 6. The van der Waals surface area contributed by atoms with E-state index >= 15 is 0 Å². The molecule has 11 heteroatoms. The Kier molecular flexibility index (Phi) is 8.20. The normalized spacial score (nSPS) is 15.9. The van der Waals surface area contributed by atoms with Crippen LogP contribution in [0.5, 0.6) is 0 Å². The summed E-state index contributed by atoms with van der Waals surface area (Å²) >= 11 is 5.98. The number of carbonyl (C=O) groups excluding carboxylic acids is 3. The number of nitrogens with one attached hydrogen (secondary N) is 1. The monoisotopic (exact) mass is 538 g/mol. The van der Waals surface area contributed by atoms with E-state index in [2.05, 4.69) is 5.32 Å². The molecule has 1 aliphatic rings. The highest BCUT2D eigenvalue weighted by atomic mass is 35.5. The maximum absolute atomic E-state index is 12.9. The Morgan fingerprint density at radius 1 is 1.06 bits per heavy atom. The predicted octanol–water partition coefficient (Wildman–Crippen LogP) is 3.72. The zero-order chi connectivity index (χ0) is 26.7. The number of carbonyl (C=O) groups is 3. The number of piperidine rings is 1. The summed E-state index contributed by atoms with van der Waals surface area (Å²) < 4.78 is 36.1. The zero-order valence-corrected chi connectivity index (χ0v) is 22.4. The molecule has 0 aromatic heterocycles. The number of amides is 2. The molecule has 1 aliphatic heterocycles. The van der Waals surface area contributed by atoms with Crippen molar-refractivity contribution < 1.29 is 32.3 Å². The summed E-state index contributed by atoms with van der Waals surface area (Å²) in [6, 6.07) is 9.83. The van der Waals surface area contributed by atoms with E-state index in [1.54, 1.807) is 51.1 Å². The second-order valence-corrected chi connectivity index (χ2v) is 12.4. The van der Waals surface area contributed by atoms with Crippen LogP contribution in [0, 0.1) is 0 Å². The fraction of sp³-hybridized carbons (Fsp3) is 0.480. The molecule has 0 spiro atoms. The first-order chi connectivity index (χ1) is 16.7. The van der Waals surface area contributed by atoms with Crippen LogP contribution in [0.2, 0.25) is 5.02 Å². The molecular formula is C25H31ClN2O7S. The van der Waals surface area contributed by atoms with E-state index in [4.69, 9.17) is 21.1 Å². The Balaban J connectivity index is 1.65. The van der Waals surface area contributed by atoms with Gasteiger partial charge in [0, 0.05) is 24.5 Å². The van der Waals surface area contributed by atoms with E-state index in [-0.39, 0.29) is 37.2 Å². The van der Waals surface area contributed by atoms with E-state index in [1.807, 2.05) is 0 Å². The van der Waals surface area contributed by atoms with E-state index in [9.17, 15) is 22.8 Å². The van der Waals surface area contributed by atoms with Gasteiger partial charge in [-0.1, -0.05) is 23.7 Å². The molecule has 196 valence electrons. The first-order valence-corrected chi connectivity index (χ1v) is 13.6. The number of hydrogen-bond acceptors (Lipinski definition) is 7. The van der Waals surface area contributed by atoms with Gasteiger partial charge in [0.2, 0.25) is 5.91 Å². The van der Waals surface area contributed by atoms with E-state index in [1.165, 1.54) is 18.1 Å². The molecule has 9 nitrogen and oxygen atoms in total. The van der Waals surface area contributed by atoms with E-state index in [0.717, 1.165) is 5.39 Å². The first-order valence-electron chi connectivity index (χ1n) is 11.5. The van der Waals surface area contributed by atoms with Crippen LogP contribution in [0.4, 0.5) is 4.79 Å². The topological polar surface area (TPSA) is 119 Å². The molecule has 2 aromatic carbocycles. The molecule has 0 saturated carbocycles. The van der Waals surface area contributed by atoms with Gasteiger partial charge in [0.05, 0.1) is 17.8 Å². The van der Waals surface area contributed by atoms with Crippen molar-refractivity contribution in [2.24, 2.45) is 0 Å². The SMILES string of the molecule is COC(=O)C1(NC(=O)CCS(=O)(=O)c2ccc3cc(Cl)ccc3c2)CCN(C(=O)OC(C)(C)C)CC1. The molecule has 1 fully saturated rings. The number of ether oxygens (including phenoxy) is 2. The number of esters is 1. The Hall–Kier alpha value is -2.85. The quantitative estimate of drug-likeness (QED) is 0.557. The molecular weight excluding hydrogens is 508 g/mol. The molecule has 36 heavy (non-hydrogen) atoms. The lowest BCUT2D eigenvalue weighted by molar-refractivity contribution is -0.153. The number of halogens is 1. The van der Waals surface area contributed by atoms with Gasteiger partial charge in [-0.25, -0.2) is 18.0 Å². The van der Waals surface area contributed by atoms with Crippen LogP contribution in [0.15, 0.2) is 41.3 Å². The maximum Gasteiger partial charge on any atom is 0.410 e. The molecule has 1 N–H and O–H groups in total. The van der Waals surface area contributed by atoms with Crippen LogP contribution < -0.4 is 5.32 Å². The van der Waals surface area contributed by atoms with Gasteiger partial charge < -0.3 is 19.7 Å². The summed E-state index contributed by atoms with van der Waals surface area (Å²) in [6.45, 7) is 5.62. The van der Waals surface area contributed by atoms with Gasteiger partial charge in [-0.2, -0.15) is 0 Å². The molecule has 0 radical (unpaired) electrons. The van der Waals surface area contributed by atoms with Crippen molar-refractivity contribution in [2.45, 2.75) is 56.1 Å². The van der Waals surface area contributed by atoms with Crippen molar-refractivity contribution in [1.82, 2.24) is 10.2 Å². The van der Waals surface area contributed by atoms with Gasteiger partial charge >= 0.3 is 12.1 Å². The van der Waals surface area contributed by atoms with Crippen molar-refractivity contribution in [2.75, 3.05) is 26.0 Å². The van der Waals surface area contributed by atoms with Crippen LogP contribution >= 0.6 is 11.6 Å². The maximum atomic E-state index is 12.9. The van der Waals surface area contributed by atoms with Gasteiger partial charge in [0.1, 0.15) is 11.1 Å². The number of hydrogen-bond donors (Lipinski definition) is 1. The zero-order valence-electron chi connectivity index (χ0n) is 20.8. The highest BCUT2D eigenvalue weighted by Gasteiger charge is 2.45. The number of likely N-dealkylation sites (tertiary alicyclic amines) is 1. The molecule has 0 atom stereocenters. The number of nitrogens with zero attached hydrogens (tertiary/aromatic N) is 1. The number of fused-ring (bicyclic) bond motifs is 1. The van der Waals surface area contributed by atoms with Gasteiger partial charge in [0.15, 0.2) is 9.84 Å². The molecule has 2 aromatic rings. The minimum atomic E-state index is -3.76. The van der Waals surface area contributed by atoms with Crippen molar-refractivity contribution in [3.63, 3.8) is 0 Å². The van der Waals surface area contributed by atoms with Gasteiger partial charge in [-0.05, 0) is 68.7 Å². The highest BCUT2D eigenvalue weighted by molar-refractivity contribution is 7.91.